The minimum absolute atomic E-state index is 0.324. The van der Waals surface area contributed by atoms with E-state index in [1.54, 1.807) is 13.8 Å². The van der Waals surface area contributed by atoms with Crippen LogP contribution in [0.2, 0.25) is 0 Å². The van der Waals surface area contributed by atoms with E-state index in [1.807, 2.05) is 12.3 Å². The van der Waals surface area contributed by atoms with E-state index < -0.39 is 11.4 Å². The van der Waals surface area contributed by atoms with Crippen LogP contribution in [0.3, 0.4) is 0 Å². The van der Waals surface area contributed by atoms with Gasteiger partial charge in [-0.1, -0.05) is 0 Å². The van der Waals surface area contributed by atoms with E-state index >= 15 is 0 Å². The minimum atomic E-state index is -0.991. The number of esters is 1. The molecule has 12 heavy (non-hydrogen) atoms. The van der Waals surface area contributed by atoms with E-state index in [-0.39, 0.29) is 0 Å². The molecule has 0 aliphatic rings. The molecule has 0 saturated carbocycles. The van der Waals surface area contributed by atoms with Crippen LogP contribution in [-0.4, -0.2) is 24.6 Å². The van der Waals surface area contributed by atoms with Gasteiger partial charge in [-0.15, -0.1) is 0 Å². The lowest BCUT2D eigenvalue weighted by molar-refractivity contribution is -0.149. The maximum absolute atomic E-state index is 11.2. The van der Waals surface area contributed by atoms with Crippen LogP contribution in [0.25, 0.3) is 0 Å². The highest BCUT2D eigenvalue weighted by atomic mass is 32.2. The SMILES string of the molecule is CCOC(=O)C(C)(C#N)CSC. The zero-order chi connectivity index (χ0) is 9.61. The van der Waals surface area contributed by atoms with Crippen molar-refractivity contribution in [2.45, 2.75) is 13.8 Å². The maximum Gasteiger partial charge on any atom is 0.327 e. The first-order valence-electron chi connectivity index (χ1n) is 3.68. The smallest absolute Gasteiger partial charge is 0.327 e. The molecule has 0 N–H and O–H groups in total. The van der Waals surface area contributed by atoms with Gasteiger partial charge in [0.1, 0.15) is 0 Å². The van der Waals surface area contributed by atoms with Gasteiger partial charge in [-0.05, 0) is 20.1 Å². The second-order valence-electron chi connectivity index (χ2n) is 2.60. The molecule has 0 heterocycles. The van der Waals surface area contributed by atoms with Crippen molar-refractivity contribution in [2.24, 2.45) is 5.41 Å². The third-order valence-electron chi connectivity index (χ3n) is 1.41. The van der Waals surface area contributed by atoms with Crippen molar-refractivity contribution >= 4 is 17.7 Å². The van der Waals surface area contributed by atoms with E-state index in [2.05, 4.69) is 0 Å². The second-order valence-corrected chi connectivity index (χ2v) is 3.46. The average Bonchev–Trinajstić information content (AvgIpc) is 2.05. The van der Waals surface area contributed by atoms with Crippen LogP contribution in [0.4, 0.5) is 0 Å². The molecule has 3 nitrogen and oxygen atoms in total. The lowest BCUT2D eigenvalue weighted by Crippen LogP contribution is -2.30. The number of rotatable bonds is 4. The molecule has 0 spiro atoms. The van der Waals surface area contributed by atoms with Gasteiger partial charge < -0.3 is 4.74 Å². The zero-order valence-corrected chi connectivity index (χ0v) is 8.40. The Labute approximate surface area is 77.1 Å². The predicted octanol–water partition coefficient (Wildman–Crippen LogP) is 1.44. The summed E-state index contributed by atoms with van der Waals surface area (Å²) in [5.41, 5.74) is -0.991. The summed E-state index contributed by atoms with van der Waals surface area (Å²) >= 11 is 1.46. The fourth-order valence-corrected chi connectivity index (χ4v) is 1.48. The molecule has 0 aromatic carbocycles. The normalized spacial score (nSPS) is 14.5. The molecule has 0 aliphatic carbocycles. The van der Waals surface area contributed by atoms with Gasteiger partial charge in [0.2, 0.25) is 0 Å². The molecular formula is C8H13NO2S. The molecule has 0 aromatic heterocycles. The highest BCUT2D eigenvalue weighted by molar-refractivity contribution is 7.98. The summed E-state index contributed by atoms with van der Waals surface area (Å²) in [4.78, 5) is 11.2. The monoisotopic (exact) mass is 187 g/mol. The molecule has 0 radical (unpaired) electrons. The van der Waals surface area contributed by atoms with Gasteiger partial charge >= 0.3 is 5.97 Å². The molecule has 0 amide bonds. The Bertz CT molecular complexity index is 200. The Balaban J connectivity index is 4.32. The molecule has 0 saturated heterocycles. The van der Waals surface area contributed by atoms with Crippen LogP contribution in [-0.2, 0) is 9.53 Å². The summed E-state index contributed by atoms with van der Waals surface area (Å²) < 4.78 is 4.78. The first-order valence-corrected chi connectivity index (χ1v) is 5.07. The molecule has 0 fully saturated rings. The topological polar surface area (TPSA) is 50.1 Å². The van der Waals surface area contributed by atoms with Crippen LogP contribution in [0.15, 0.2) is 0 Å². The lowest BCUT2D eigenvalue weighted by atomic mass is 9.96. The number of carbonyl (C=O) groups excluding carboxylic acids is 1. The number of hydrogen-bond acceptors (Lipinski definition) is 4. The lowest BCUT2D eigenvalue weighted by Gasteiger charge is -2.17. The Morgan fingerprint density at radius 2 is 2.33 bits per heavy atom. The average molecular weight is 187 g/mol. The van der Waals surface area contributed by atoms with Crippen molar-refractivity contribution < 1.29 is 9.53 Å². The third-order valence-corrected chi connectivity index (χ3v) is 2.27. The van der Waals surface area contributed by atoms with Crippen molar-refractivity contribution in [3.05, 3.63) is 0 Å². The van der Waals surface area contributed by atoms with E-state index in [4.69, 9.17) is 10.00 Å². The van der Waals surface area contributed by atoms with Crippen molar-refractivity contribution in [2.75, 3.05) is 18.6 Å². The van der Waals surface area contributed by atoms with Crippen LogP contribution in [0, 0.1) is 16.7 Å². The van der Waals surface area contributed by atoms with Crippen molar-refractivity contribution in [3.8, 4) is 6.07 Å². The Morgan fingerprint density at radius 1 is 1.75 bits per heavy atom. The van der Waals surface area contributed by atoms with Crippen LogP contribution in [0.5, 0.6) is 0 Å². The van der Waals surface area contributed by atoms with E-state index in [9.17, 15) is 4.79 Å². The molecule has 68 valence electrons. The molecule has 1 atom stereocenters. The molecule has 1 unspecified atom stereocenters. The Kier molecular flexibility index (Phi) is 4.75. The van der Waals surface area contributed by atoms with Gasteiger partial charge in [0.15, 0.2) is 5.41 Å². The summed E-state index contributed by atoms with van der Waals surface area (Å²) in [6.07, 6.45) is 1.86. The second kappa shape index (κ2) is 5.04. The van der Waals surface area contributed by atoms with Crippen LogP contribution >= 0.6 is 11.8 Å². The van der Waals surface area contributed by atoms with Gasteiger partial charge in [0, 0.05) is 5.75 Å². The van der Waals surface area contributed by atoms with Crippen molar-refractivity contribution in [1.82, 2.24) is 0 Å². The quantitative estimate of drug-likeness (QED) is 0.625. The number of nitrogens with zero attached hydrogens (tertiary/aromatic N) is 1. The standard InChI is InChI=1S/C8H13NO2S/c1-4-11-7(10)8(2,5-9)6-12-3/h4,6H2,1-3H3. The highest BCUT2D eigenvalue weighted by Gasteiger charge is 2.34. The van der Waals surface area contributed by atoms with E-state index in [0.29, 0.717) is 12.4 Å². The van der Waals surface area contributed by atoms with Crippen molar-refractivity contribution in [1.29, 1.82) is 5.26 Å². The number of hydrogen-bond donors (Lipinski definition) is 0. The maximum atomic E-state index is 11.2. The summed E-state index contributed by atoms with van der Waals surface area (Å²) in [6.45, 7) is 3.65. The van der Waals surface area contributed by atoms with E-state index in [0.717, 1.165) is 0 Å². The number of thioether (sulfide) groups is 1. The number of ether oxygens (including phenoxy) is 1. The number of carbonyl (C=O) groups is 1. The van der Waals surface area contributed by atoms with Crippen LogP contribution in [0.1, 0.15) is 13.8 Å². The largest absolute Gasteiger partial charge is 0.465 e. The molecule has 0 aromatic rings. The van der Waals surface area contributed by atoms with Crippen molar-refractivity contribution in [3.63, 3.8) is 0 Å². The van der Waals surface area contributed by atoms with Gasteiger partial charge in [0.05, 0.1) is 12.7 Å². The van der Waals surface area contributed by atoms with Gasteiger partial charge in [0.25, 0.3) is 0 Å². The summed E-state index contributed by atoms with van der Waals surface area (Å²) in [7, 11) is 0. The van der Waals surface area contributed by atoms with Crippen LogP contribution < -0.4 is 0 Å². The Morgan fingerprint density at radius 3 is 2.67 bits per heavy atom. The third kappa shape index (κ3) is 2.74. The molecule has 4 heteroatoms. The Hall–Kier alpha value is -0.690. The summed E-state index contributed by atoms with van der Waals surface area (Å²) in [5, 5.41) is 8.75. The van der Waals surface area contributed by atoms with Gasteiger partial charge in [-0.3, -0.25) is 4.79 Å². The molecular weight excluding hydrogens is 174 g/mol. The first kappa shape index (κ1) is 11.3. The fourth-order valence-electron chi connectivity index (χ4n) is 0.716. The fraction of sp³-hybridized carbons (Fsp3) is 0.750. The number of nitriles is 1. The van der Waals surface area contributed by atoms with Gasteiger partial charge in [-0.25, -0.2) is 0 Å². The van der Waals surface area contributed by atoms with Gasteiger partial charge in [-0.2, -0.15) is 17.0 Å². The predicted molar refractivity (Wildman–Crippen MR) is 48.7 cm³/mol. The molecule has 0 aliphatic heterocycles. The highest BCUT2D eigenvalue weighted by Crippen LogP contribution is 2.21. The molecule has 0 bridgehead atoms. The van der Waals surface area contributed by atoms with E-state index in [1.165, 1.54) is 11.8 Å². The summed E-state index contributed by atoms with van der Waals surface area (Å²) in [5.74, 6) is 0.0457. The first-order chi connectivity index (χ1) is 5.60. The minimum Gasteiger partial charge on any atom is -0.465 e. The zero-order valence-electron chi connectivity index (χ0n) is 7.59. The summed E-state index contributed by atoms with van der Waals surface area (Å²) in [6, 6.07) is 1.97. The molecule has 0 rings (SSSR count).